The van der Waals surface area contributed by atoms with E-state index in [1.807, 2.05) is 6.92 Å². The summed E-state index contributed by atoms with van der Waals surface area (Å²) in [5.74, 6) is -3.81. The van der Waals surface area contributed by atoms with E-state index in [0.717, 1.165) is 22.6 Å². The fraction of sp³-hybridized carbons (Fsp3) is 0.364. The number of nitrogens with two attached hydrogens (primary N) is 1. The van der Waals surface area contributed by atoms with Crippen molar-refractivity contribution in [2.45, 2.75) is 45.2 Å². The van der Waals surface area contributed by atoms with Gasteiger partial charge in [-0.1, -0.05) is 0 Å². The maximum atomic E-state index is 13.9. The van der Waals surface area contributed by atoms with Crippen molar-refractivity contribution in [3.05, 3.63) is 58.7 Å². The minimum absolute atomic E-state index is 0.0175. The third kappa shape index (κ3) is 4.76. The molecule has 0 saturated heterocycles. The highest BCUT2D eigenvalue weighted by atomic mass is 19.4. The molecule has 1 aliphatic heterocycles. The molecule has 0 aliphatic carbocycles. The Bertz CT molecular complexity index is 1240. The number of pyridine rings is 3. The molecule has 0 fully saturated rings. The molecule has 0 aromatic carbocycles. The quantitative estimate of drug-likeness (QED) is 0.539. The van der Waals surface area contributed by atoms with Gasteiger partial charge in [0.2, 0.25) is 0 Å². The number of carbonyl (C=O) groups excluding carboxylic acids is 1. The topological polar surface area (TPSA) is 94.2 Å². The number of halogens is 5. The van der Waals surface area contributed by atoms with Crippen molar-refractivity contribution in [3.8, 4) is 0 Å². The molecule has 3 aromatic heterocycles. The van der Waals surface area contributed by atoms with Crippen LogP contribution in [-0.2, 0) is 24.1 Å². The van der Waals surface area contributed by atoms with E-state index in [1.54, 1.807) is 0 Å². The monoisotopic (exact) mass is 481 g/mol. The van der Waals surface area contributed by atoms with Crippen molar-refractivity contribution in [2.75, 3.05) is 12.3 Å². The van der Waals surface area contributed by atoms with E-state index in [2.05, 4.69) is 15.0 Å². The average Bonchev–Trinajstić information content (AvgIpc) is 3.14. The largest absolute Gasteiger partial charge is 0.417 e. The highest BCUT2D eigenvalue weighted by molar-refractivity contribution is 5.97. The summed E-state index contributed by atoms with van der Waals surface area (Å²) in [7, 11) is 0. The number of rotatable bonds is 5. The molecule has 4 heterocycles. The Labute approximate surface area is 190 Å². The lowest BCUT2D eigenvalue weighted by molar-refractivity contribution is -0.137. The van der Waals surface area contributed by atoms with Crippen LogP contribution in [-0.4, -0.2) is 38.2 Å². The highest BCUT2D eigenvalue weighted by Gasteiger charge is 2.33. The minimum atomic E-state index is -4.59. The van der Waals surface area contributed by atoms with Gasteiger partial charge in [-0.15, -0.1) is 0 Å². The molecule has 0 saturated carbocycles. The zero-order valence-electron chi connectivity index (χ0n) is 18.2. The number of hydrogen-bond acceptors (Lipinski definition) is 6. The summed E-state index contributed by atoms with van der Waals surface area (Å²) in [6.07, 6.45) is -2.97. The Morgan fingerprint density at radius 3 is 2.56 bits per heavy atom. The first-order valence-corrected chi connectivity index (χ1v) is 10.2. The van der Waals surface area contributed by atoms with Gasteiger partial charge >= 0.3 is 6.18 Å². The fourth-order valence-electron chi connectivity index (χ4n) is 3.86. The molecular weight excluding hydrogens is 461 g/mol. The lowest BCUT2D eigenvalue weighted by atomic mass is 10.0. The van der Waals surface area contributed by atoms with Gasteiger partial charge in [0.25, 0.3) is 11.8 Å². The van der Waals surface area contributed by atoms with Gasteiger partial charge in [-0.05, 0) is 30.7 Å². The number of nitrogen functional groups attached to an aromatic ring is 1. The number of aromatic nitrogens is 3. The second-order valence-electron chi connectivity index (χ2n) is 8.20. The van der Waals surface area contributed by atoms with E-state index < -0.39 is 36.7 Å². The van der Waals surface area contributed by atoms with Crippen LogP contribution in [0.1, 0.15) is 52.8 Å². The van der Waals surface area contributed by atoms with Gasteiger partial charge in [-0.2, -0.15) is 13.2 Å². The fourth-order valence-corrected chi connectivity index (χ4v) is 3.86. The molecular formula is C22H20F5N5O2. The average molecular weight is 481 g/mol. The van der Waals surface area contributed by atoms with Crippen molar-refractivity contribution < 1.29 is 31.5 Å². The van der Waals surface area contributed by atoms with E-state index in [4.69, 9.17) is 10.5 Å². The molecule has 0 unspecified atom stereocenters. The Morgan fingerprint density at radius 1 is 1.21 bits per heavy atom. The molecule has 3 aromatic rings. The van der Waals surface area contributed by atoms with E-state index in [-0.39, 0.29) is 29.9 Å². The molecule has 7 nitrogen and oxygen atoms in total. The van der Waals surface area contributed by atoms with Crippen LogP contribution in [0.15, 0.2) is 30.6 Å². The zero-order chi connectivity index (χ0) is 24.8. The van der Waals surface area contributed by atoms with Crippen LogP contribution in [0.3, 0.4) is 0 Å². The van der Waals surface area contributed by atoms with E-state index >= 15 is 0 Å². The van der Waals surface area contributed by atoms with Gasteiger partial charge in [0.15, 0.2) is 0 Å². The second-order valence-corrected chi connectivity index (χ2v) is 8.20. The van der Waals surface area contributed by atoms with Crippen LogP contribution in [0, 0.1) is 0 Å². The predicted octanol–water partition coefficient (Wildman–Crippen LogP) is 4.51. The lowest BCUT2D eigenvalue weighted by Gasteiger charge is -2.25. The summed E-state index contributed by atoms with van der Waals surface area (Å²) >= 11 is 0. The molecule has 12 heteroatoms. The number of fused-ring (bicyclic) bond motifs is 3. The third-order valence-corrected chi connectivity index (χ3v) is 5.41. The number of carbonyl (C=O) groups is 1. The number of amides is 1. The van der Waals surface area contributed by atoms with Gasteiger partial charge < -0.3 is 15.4 Å². The zero-order valence-corrected chi connectivity index (χ0v) is 18.2. The van der Waals surface area contributed by atoms with E-state index in [0.29, 0.717) is 29.6 Å². The number of anilines is 1. The van der Waals surface area contributed by atoms with E-state index in [1.165, 1.54) is 12.3 Å². The van der Waals surface area contributed by atoms with Crippen LogP contribution >= 0.6 is 0 Å². The van der Waals surface area contributed by atoms with E-state index in [9.17, 15) is 26.7 Å². The van der Waals surface area contributed by atoms with Crippen molar-refractivity contribution in [3.63, 3.8) is 0 Å². The Hall–Kier alpha value is -3.41. The molecule has 4 rings (SSSR count). The van der Waals surface area contributed by atoms with Crippen molar-refractivity contribution in [1.82, 2.24) is 19.9 Å². The van der Waals surface area contributed by atoms with Crippen molar-refractivity contribution in [2.24, 2.45) is 0 Å². The Morgan fingerprint density at radius 2 is 1.94 bits per heavy atom. The molecule has 34 heavy (non-hydrogen) atoms. The van der Waals surface area contributed by atoms with Gasteiger partial charge in [0.05, 0.1) is 48.8 Å². The number of nitrogens with zero attached hydrogens (tertiary/aromatic N) is 4. The SMILES string of the molecule is C[C@H]1OCc2c1c(N)nc1cnc(C(=O)N(Cc3ccc(C(F)(F)F)cn3)CC(C)(F)F)cc21. The number of alkyl halides is 5. The summed E-state index contributed by atoms with van der Waals surface area (Å²) in [6.45, 7) is 1.28. The standard InChI is InChI=1S/C22H20F5N5O2/c1-11-18-15(9-34-11)14-5-16(30-7-17(14)31-19(18)28)20(33)32(10-21(2,23)24)8-13-4-3-12(6-29-13)22(25,26)27/h3-7,11H,8-10H2,1-2H3,(H2,28,31)/t11-/m1/s1. The summed E-state index contributed by atoms with van der Waals surface area (Å²) in [6, 6.07) is 3.26. The van der Waals surface area contributed by atoms with Crippen molar-refractivity contribution >= 4 is 22.6 Å². The second kappa shape index (κ2) is 8.42. The Kier molecular flexibility index (Phi) is 5.88. The van der Waals surface area contributed by atoms with Crippen LogP contribution in [0.2, 0.25) is 0 Å². The minimum Gasteiger partial charge on any atom is -0.383 e. The van der Waals surface area contributed by atoms with Crippen LogP contribution in [0.25, 0.3) is 10.9 Å². The Balaban J connectivity index is 1.68. The lowest BCUT2D eigenvalue weighted by Crippen LogP contribution is -2.39. The highest BCUT2D eigenvalue weighted by Crippen LogP contribution is 2.38. The third-order valence-electron chi connectivity index (χ3n) is 5.41. The predicted molar refractivity (Wildman–Crippen MR) is 112 cm³/mol. The van der Waals surface area contributed by atoms with Gasteiger partial charge in [0.1, 0.15) is 11.5 Å². The first-order chi connectivity index (χ1) is 15.8. The molecule has 1 aliphatic rings. The van der Waals surface area contributed by atoms with Crippen LogP contribution in [0.4, 0.5) is 27.8 Å². The maximum Gasteiger partial charge on any atom is 0.417 e. The van der Waals surface area contributed by atoms with Crippen LogP contribution < -0.4 is 5.73 Å². The first kappa shape index (κ1) is 23.7. The van der Waals surface area contributed by atoms with Crippen LogP contribution in [0.5, 0.6) is 0 Å². The summed E-state index contributed by atoms with van der Waals surface area (Å²) in [4.78, 5) is 26.0. The molecule has 0 bridgehead atoms. The molecule has 1 atom stereocenters. The number of ether oxygens (including phenoxy) is 1. The summed E-state index contributed by atoms with van der Waals surface area (Å²) in [5.41, 5.74) is 6.77. The summed E-state index contributed by atoms with van der Waals surface area (Å²) in [5, 5.41) is 0.558. The van der Waals surface area contributed by atoms with Crippen molar-refractivity contribution in [1.29, 1.82) is 0 Å². The maximum absolute atomic E-state index is 13.9. The number of hydrogen-bond donors (Lipinski definition) is 1. The molecule has 0 radical (unpaired) electrons. The first-order valence-electron chi connectivity index (χ1n) is 10.2. The molecule has 1 amide bonds. The van der Waals surface area contributed by atoms with Gasteiger partial charge in [-0.25, -0.2) is 18.7 Å². The molecule has 180 valence electrons. The summed E-state index contributed by atoms with van der Waals surface area (Å²) < 4.78 is 71.7. The van der Waals surface area contributed by atoms with Gasteiger partial charge in [0, 0.05) is 24.1 Å². The molecule has 2 N–H and O–H groups in total. The smallest absolute Gasteiger partial charge is 0.383 e. The normalized spacial score (nSPS) is 16.0. The van der Waals surface area contributed by atoms with Gasteiger partial charge in [-0.3, -0.25) is 9.78 Å². The molecule has 0 spiro atoms.